The molecule has 5 nitrogen and oxygen atoms in total. The Hall–Kier alpha value is -1.87. The van der Waals surface area contributed by atoms with E-state index in [0.29, 0.717) is 29.7 Å². The van der Waals surface area contributed by atoms with E-state index in [1.807, 2.05) is 0 Å². The standard InChI is InChI=1S/C13H14F3N3O2S/c1-20-6-5-11-18-12(22-19-11)17-9-3-2-4-10(7-9)21-8-13(14,15)16/h2-4,7H,5-6,8H2,1H3,(H,17,18,19). The first-order valence-corrected chi connectivity index (χ1v) is 7.12. The molecule has 0 aliphatic rings. The van der Waals surface area contributed by atoms with Gasteiger partial charge < -0.3 is 14.8 Å². The Labute approximate surface area is 129 Å². The zero-order valence-electron chi connectivity index (χ0n) is 11.7. The number of anilines is 2. The maximum atomic E-state index is 12.1. The van der Waals surface area contributed by atoms with Crippen molar-refractivity contribution < 1.29 is 22.6 Å². The molecule has 1 heterocycles. The molecule has 1 aromatic carbocycles. The average Bonchev–Trinajstić information content (AvgIpc) is 2.90. The van der Waals surface area contributed by atoms with Gasteiger partial charge in [0.25, 0.3) is 0 Å². The van der Waals surface area contributed by atoms with Gasteiger partial charge in [-0.25, -0.2) is 4.98 Å². The van der Waals surface area contributed by atoms with E-state index in [0.717, 1.165) is 0 Å². The van der Waals surface area contributed by atoms with Crippen molar-refractivity contribution in [2.75, 3.05) is 25.6 Å². The second kappa shape index (κ2) is 7.41. The summed E-state index contributed by atoms with van der Waals surface area (Å²) in [6.07, 6.45) is -3.76. The summed E-state index contributed by atoms with van der Waals surface area (Å²) in [6.45, 7) is -0.798. The molecule has 22 heavy (non-hydrogen) atoms. The average molecular weight is 333 g/mol. The molecule has 120 valence electrons. The fourth-order valence-corrected chi connectivity index (χ4v) is 2.19. The molecule has 0 fully saturated rings. The van der Waals surface area contributed by atoms with Crippen molar-refractivity contribution in [3.63, 3.8) is 0 Å². The van der Waals surface area contributed by atoms with Gasteiger partial charge in [-0.1, -0.05) is 6.07 Å². The number of halogens is 3. The predicted octanol–water partition coefficient (Wildman–Crippen LogP) is 3.41. The van der Waals surface area contributed by atoms with Crippen LogP contribution in [0.15, 0.2) is 24.3 Å². The number of nitrogens with zero attached hydrogens (tertiary/aromatic N) is 2. The Morgan fingerprint density at radius 2 is 2.14 bits per heavy atom. The highest BCUT2D eigenvalue weighted by Crippen LogP contribution is 2.24. The number of methoxy groups -OCH3 is 1. The van der Waals surface area contributed by atoms with Crippen molar-refractivity contribution in [2.45, 2.75) is 12.6 Å². The highest BCUT2D eigenvalue weighted by atomic mass is 32.1. The SMILES string of the molecule is COCCc1nsc(Nc2cccc(OCC(F)(F)F)c2)n1. The molecule has 0 bridgehead atoms. The zero-order chi connectivity index (χ0) is 16.0. The summed E-state index contributed by atoms with van der Waals surface area (Å²) in [6, 6.07) is 6.24. The summed E-state index contributed by atoms with van der Waals surface area (Å²) >= 11 is 1.17. The van der Waals surface area contributed by atoms with Crippen molar-refractivity contribution in [2.24, 2.45) is 0 Å². The third kappa shape index (κ3) is 5.49. The van der Waals surface area contributed by atoms with Crippen LogP contribution in [0.2, 0.25) is 0 Å². The minimum absolute atomic E-state index is 0.131. The third-order valence-electron chi connectivity index (χ3n) is 2.49. The topological polar surface area (TPSA) is 56.3 Å². The van der Waals surface area contributed by atoms with Crippen LogP contribution in [0.5, 0.6) is 5.75 Å². The second-order valence-corrected chi connectivity index (χ2v) is 5.07. The molecule has 0 aliphatic heterocycles. The molecule has 0 atom stereocenters. The third-order valence-corrected chi connectivity index (χ3v) is 3.15. The molecule has 0 saturated heterocycles. The monoisotopic (exact) mass is 333 g/mol. The van der Waals surface area contributed by atoms with Gasteiger partial charge in [-0.15, -0.1) is 0 Å². The minimum Gasteiger partial charge on any atom is -0.484 e. The molecule has 0 aliphatic carbocycles. The van der Waals surface area contributed by atoms with Crippen molar-refractivity contribution >= 4 is 22.4 Å². The molecule has 1 N–H and O–H groups in total. The van der Waals surface area contributed by atoms with Crippen LogP contribution >= 0.6 is 11.5 Å². The fourth-order valence-electron chi connectivity index (χ4n) is 1.55. The lowest BCUT2D eigenvalue weighted by molar-refractivity contribution is -0.153. The van der Waals surface area contributed by atoms with E-state index in [1.54, 1.807) is 19.2 Å². The van der Waals surface area contributed by atoms with Gasteiger partial charge in [0.2, 0.25) is 5.13 Å². The van der Waals surface area contributed by atoms with Crippen LogP contribution in [-0.2, 0) is 11.2 Å². The summed E-state index contributed by atoms with van der Waals surface area (Å²) in [4.78, 5) is 4.25. The smallest absolute Gasteiger partial charge is 0.422 e. The van der Waals surface area contributed by atoms with Crippen LogP contribution < -0.4 is 10.1 Å². The van der Waals surface area contributed by atoms with Crippen molar-refractivity contribution in [3.05, 3.63) is 30.1 Å². The number of hydrogen-bond acceptors (Lipinski definition) is 6. The van der Waals surface area contributed by atoms with Crippen LogP contribution in [-0.4, -0.2) is 35.9 Å². The van der Waals surface area contributed by atoms with Gasteiger partial charge in [-0.2, -0.15) is 17.5 Å². The Morgan fingerprint density at radius 1 is 1.32 bits per heavy atom. The number of alkyl halides is 3. The van der Waals surface area contributed by atoms with Crippen LogP contribution in [0.1, 0.15) is 5.82 Å². The van der Waals surface area contributed by atoms with Crippen LogP contribution in [0.4, 0.5) is 24.0 Å². The minimum atomic E-state index is -4.36. The lowest BCUT2D eigenvalue weighted by Gasteiger charge is -2.10. The van der Waals surface area contributed by atoms with Crippen LogP contribution in [0.25, 0.3) is 0 Å². The van der Waals surface area contributed by atoms with Gasteiger partial charge >= 0.3 is 6.18 Å². The summed E-state index contributed by atoms with van der Waals surface area (Å²) in [7, 11) is 1.60. The quantitative estimate of drug-likeness (QED) is 0.841. The number of benzene rings is 1. The molecule has 0 spiro atoms. The first kappa shape index (κ1) is 16.5. The molecular formula is C13H14F3N3O2S. The highest BCUT2D eigenvalue weighted by molar-refractivity contribution is 7.09. The number of hydrogen-bond donors (Lipinski definition) is 1. The highest BCUT2D eigenvalue weighted by Gasteiger charge is 2.28. The van der Waals surface area contributed by atoms with E-state index < -0.39 is 12.8 Å². The normalized spacial score (nSPS) is 11.5. The number of rotatable bonds is 7. The predicted molar refractivity (Wildman–Crippen MR) is 76.8 cm³/mol. The zero-order valence-corrected chi connectivity index (χ0v) is 12.5. The van der Waals surface area contributed by atoms with Crippen molar-refractivity contribution in [1.82, 2.24) is 9.36 Å². The Bertz CT molecular complexity index is 604. The molecule has 1 aromatic heterocycles. The van der Waals surface area contributed by atoms with E-state index >= 15 is 0 Å². The molecule has 0 radical (unpaired) electrons. The Balaban J connectivity index is 1.96. The van der Waals surface area contributed by atoms with Gasteiger partial charge in [0, 0.05) is 36.8 Å². The summed E-state index contributed by atoms with van der Waals surface area (Å²) in [5.74, 6) is 0.783. The maximum Gasteiger partial charge on any atom is 0.422 e. The second-order valence-electron chi connectivity index (χ2n) is 4.32. The Kier molecular flexibility index (Phi) is 5.56. The van der Waals surface area contributed by atoms with E-state index in [-0.39, 0.29) is 5.75 Å². The van der Waals surface area contributed by atoms with E-state index in [4.69, 9.17) is 9.47 Å². The van der Waals surface area contributed by atoms with Crippen LogP contribution in [0.3, 0.4) is 0 Å². The van der Waals surface area contributed by atoms with E-state index in [1.165, 1.54) is 23.7 Å². The van der Waals surface area contributed by atoms with E-state index in [2.05, 4.69) is 14.7 Å². The van der Waals surface area contributed by atoms with Gasteiger partial charge in [0.15, 0.2) is 6.61 Å². The van der Waals surface area contributed by atoms with Gasteiger partial charge in [-0.3, -0.25) is 0 Å². The lowest BCUT2D eigenvalue weighted by atomic mass is 10.3. The van der Waals surface area contributed by atoms with Crippen molar-refractivity contribution in [3.8, 4) is 5.75 Å². The molecule has 0 saturated carbocycles. The van der Waals surface area contributed by atoms with Gasteiger partial charge in [0.1, 0.15) is 11.6 Å². The lowest BCUT2D eigenvalue weighted by Crippen LogP contribution is -2.19. The Morgan fingerprint density at radius 3 is 2.86 bits per heavy atom. The number of aromatic nitrogens is 2. The molecule has 2 rings (SSSR count). The molecular weight excluding hydrogens is 319 g/mol. The summed E-state index contributed by atoms with van der Waals surface area (Å²) in [5.41, 5.74) is 0.578. The largest absolute Gasteiger partial charge is 0.484 e. The molecule has 9 heteroatoms. The van der Waals surface area contributed by atoms with Crippen molar-refractivity contribution in [1.29, 1.82) is 0 Å². The molecule has 0 unspecified atom stereocenters. The van der Waals surface area contributed by atoms with Crippen LogP contribution in [0, 0.1) is 0 Å². The number of nitrogens with one attached hydrogen (secondary N) is 1. The molecule has 2 aromatic rings. The molecule has 0 amide bonds. The maximum absolute atomic E-state index is 12.1. The van der Waals surface area contributed by atoms with Gasteiger partial charge in [0.05, 0.1) is 6.61 Å². The van der Waals surface area contributed by atoms with E-state index in [9.17, 15) is 13.2 Å². The number of ether oxygens (including phenoxy) is 2. The summed E-state index contributed by atoms with van der Waals surface area (Å²) < 4.78 is 50.2. The fraction of sp³-hybridized carbons (Fsp3) is 0.385. The first-order valence-electron chi connectivity index (χ1n) is 6.34. The van der Waals surface area contributed by atoms with Gasteiger partial charge in [-0.05, 0) is 12.1 Å². The summed E-state index contributed by atoms with van der Waals surface area (Å²) in [5, 5.41) is 3.54. The first-order chi connectivity index (χ1) is 10.5.